The topological polar surface area (TPSA) is 89.6 Å². The van der Waals surface area contributed by atoms with Gasteiger partial charge in [-0.25, -0.2) is 0 Å². The lowest BCUT2D eigenvalue weighted by atomic mass is 10.2. The molecule has 0 radical (unpaired) electrons. The number of carbonyl (C=O) groups excluding carboxylic acids is 1. The van der Waals surface area contributed by atoms with Crippen LogP contribution < -0.4 is 5.73 Å². The van der Waals surface area contributed by atoms with E-state index in [4.69, 9.17) is 10.8 Å². The summed E-state index contributed by atoms with van der Waals surface area (Å²) in [5.41, 5.74) is 5.19. The van der Waals surface area contributed by atoms with Gasteiger partial charge in [-0.2, -0.15) is 11.8 Å². The quantitative estimate of drug-likeness (QED) is 0.725. The maximum atomic E-state index is 10.1. The Bertz CT molecular complexity index is 180. The number of carbonyl (C=O) groups is 2. The Kier molecular flexibility index (Phi) is 18.1. The first-order valence-corrected chi connectivity index (χ1v) is 5.37. The highest BCUT2D eigenvalue weighted by molar-refractivity contribution is 7.98. The molecule has 0 saturated carbocycles. The minimum absolute atomic E-state index is 0. The fourth-order valence-electron chi connectivity index (χ4n) is 0.368. The number of esters is 1. The third kappa shape index (κ3) is 19.8. The zero-order valence-electron chi connectivity index (χ0n) is 9.06. The van der Waals surface area contributed by atoms with Crippen LogP contribution in [0.4, 0.5) is 0 Å². The van der Waals surface area contributed by atoms with Crippen molar-refractivity contribution in [2.45, 2.75) is 19.4 Å². The van der Waals surface area contributed by atoms with E-state index in [1.54, 1.807) is 11.8 Å². The molecule has 0 heterocycles. The van der Waals surface area contributed by atoms with Crippen LogP contribution in [0, 0.1) is 0 Å². The van der Waals surface area contributed by atoms with Crippen LogP contribution in [0.3, 0.4) is 0 Å². The molecule has 0 unspecified atom stereocenters. The third-order valence-electron chi connectivity index (χ3n) is 1.24. The molecule has 0 aliphatic carbocycles. The molecule has 0 aromatic rings. The van der Waals surface area contributed by atoms with E-state index in [2.05, 4.69) is 4.74 Å². The van der Waals surface area contributed by atoms with E-state index in [0.717, 1.165) is 5.75 Å². The molecule has 15 heavy (non-hydrogen) atoms. The van der Waals surface area contributed by atoms with E-state index in [1.165, 1.54) is 14.0 Å². The molecule has 0 saturated heterocycles. The molecular formula is C8H18ClNO4S. The van der Waals surface area contributed by atoms with Gasteiger partial charge in [0.2, 0.25) is 0 Å². The Morgan fingerprint density at radius 2 is 1.93 bits per heavy atom. The van der Waals surface area contributed by atoms with Crippen molar-refractivity contribution in [2.75, 3.05) is 19.1 Å². The van der Waals surface area contributed by atoms with Gasteiger partial charge in [0.15, 0.2) is 0 Å². The number of methoxy groups -OCH3 is 1. The SMILES string of the molecule is COC(C)=O.CSCC[C@H](N)C(=O)O.Cl. The van der Waals surface area contributed by atoms with Crippen molar-refractivity contribution >= 4 is 36.1 Å². The Hall–Kier alpha value is -0.460. The lowest BCUT2D eigenvalue weighted by molar-refractivity contribution is -0.139. The minimum atomic E-state index is -0.913. The molecular weight excluding hydrogens is 242 g/mol. The van der Waals surface area contributed by atoms with Gasteiger partial charge in [-0.1, -0.05) is 0 Å². The number of ether oxygens (including phenoxy) is 1. The van der Waals surface area contributed by atoms with Crippen LogP contribution in [0.5, 0.6) is 0 Å². The van der Waals surface area contributed by atoms with Gasteiger partial charge in [0.25, 0.3) is 0 Å². The lowest BCUT2D eigenvalue weighted by Gasteiger charge is -2.02. The second-order valence-corrected chi connectivity index (χ2v) is 3.41. The first kappa shape index (κ1) is 20.0. The first-order valence-electron chi connectivity index (χ1n) is 3.97. The first-order chi connectivity index (χ1) is 6.45. The van der Waals surface area contributed by atoms with Crippen molar-refractivity contribution < 1.29 is 19.4 Å². The molecule has 1 atom stereocenters. The monoisotopic (exact) mass is 259 g/mol. The van der Waals surface area contributed by atoms with E-state index in [-0.39, 0.29) is 18.4 Å². The Balaban J connectivity index is -0.000000208. The number of aliphatic carboxylic acids is 1. The summed E-state index contributed by atoms with van der Waals surface area (Å²) < 4.78 is 4.11. The van der Waals surface area contributed by atoms with Crippen LogP contribution in [0.1, 0.15) is 13.3 Å². The molecule has 7 heteroatoms. The van der Waals surface area contributed by atoms with Crippen LogP contribution in [-0.2, 0) is 14.3 Å². The molecule has 3 N–H and O–H groups in total. The minimum Gasteiger partial charge on any atom is -0.480 e. The van der Waals surface area contributed by atoms with Crippen molar-refractivity contribution in [2.24, 2.45) is 5.73 Å². The fourth-order valence-corrected chi connectivity index (χ4v) is 0.858. The molecule has 0 spiro atoms. The van der Waals surface area contributed by atoms with E-state index in [0.29, 0.717) is 6.42 Å². The van der Waals surface area contributed by atoms with Gasteiger partial charge in [0.05, 0.1) is 7.11 Å². The average molecular weight is 260 g/mol. The predicted molar refractivity (Wildman–Crippen MR) is 63.5 cm³/mol. The Morgan fingerprint density at radius 1 is 1.53 bits per heavy atom. The van der Waals surface area contributed by atoms with Crippen molar-refractivity contribution in [3.8, 4) is 0 Å². The number of rotatable bonds is 4. The summed E-state index contributed by atoms with van der Waals surface area (Å²) in [7, 11) is 1.35. The normalized spacial score (nSPS) is 10.1. The molecule has 92 valence electrons. The number of hydrogen-bond donors (Lipinski definition) is 2. The third-order valence-corrected chi connectivity index (χ3v) is 1.88. The molecule has 0 aliphatic heterocycles. The number of nitrogens with two attached hydrogens (primary N) is 1. The Labute approximate surface area is 100 Å². The second-order valence-electron chi connectivity index (χ2n) is 2.42. The lowest BCUT2D eigenvalue weighted by Crippen LogP contribution is -2.30. The van der Waals surface area contributed by atoms with Gasteiger partial charge in [-0.05, 0) is 18.4 Å². The van der Waals surface area contributed by atoms with Crippen LogP contribution in [0.15, 0.2) is 0 Å². The van der Waals surface area contributed by atoms with Crippen molar-refractivity contribution in [3.05, 3.63) is 0 Å². The summed E-state index contributed by atoms with van der Waals surface area (Å²) in [6, 6.07) is -0.683. The summed E-state index contributed by atoms with van der Waals surface area (Å²) in [5, 5.41) is 8.27. The zero-order chi connectivity index (χ0) is 11.6. The second kappa shape index (κ2) is 13.5. The number of hydrogen-bond acceptors (Lipinski definition) is 5. The maximum absolute atomic E-state index is 10.1. The highest BCUT2D eigenvalue weighted by Crippen LogP contribution is 1.97. The van der Waals surface area contributed by atoms with Crippen molar-refractivity contribution in [1.82, 2.24) is 0 Å². The summed E-state index contributed by atoms with van der Waals surface area (Å²) >= 11 is 1.60. The van der Waals surface area contributed by atoms with Gasteiger partial charge in [0, 0.05) is 6.92 Å². The zero-order valence-corrected chi connectivity index (χ0v) is 10.7. The average Bonchev–Trinajstić information content (AvgIpc) is 2.14. The van der Waals surface area contributed by atoms with E-state index in [9.17, 15) is 9.59 Å². The summed E-state index contributed by atoms with van der Waals surface area (Å²) in [6.45, 7) is 1.36. The molecule has 0 rings (SSSR count). The summed E-state index contributed by atoms with van der Waals surface area (Å²) in [6.07, 6.45) is 2.48. The van der Waals surface area contributed by atoms with Crippen molar-refractivity contribution in [3.63, 3.8) is 0 Å². The highest BCUT2D eigenvalue weighted by atomic mass is 35.5. The van der Waals surface area contributed by atoms with Gasteiger partial charge >= 0.3 is 11.9 Å². The standard InChI is InChI=1S/C5H11NO2S.C3H6O2.ClH/c1-9-3-2-4(6)5(7)8;1-3(4)5-2;/h4H,2-3,6H2,1H3,(H,7,8);1-2H3;1H/t4-;;/m0../s1. The van der Waals surface area contributed by atoms with E-state index in [1.807, 2.05) is 6.26 Å². The number of carboxylic acid groups (broad SMARTS) is 1. The molecule has 0 amide bonds. The number of carboxylic acids is 1. The fraction of sp³-hybridized carbons (Fsp3) is 0.750. The van der Waals surface area contributed by atoms with Crippen molar-refractivity contribution in [1.29, 1.82) is 0 Å². The van der Waals surface area contributed by atoms with Gasteiger partial charge < -0.3 is 15.6 Å². The smallest absolute Gasteiger partial charge is 0.320 e. The van der Waals surface area contributed by atoms with E-state index < -0.39 is 12.0 Å². The van der Waals surface area contributed by atoms with Gasteiger partial charge in [-0.15, -0.1) is 12.4 Å². The summed E-state index contributed by atoms with van der Waals surface area (Å²) in [4.78, 5) is 19.7. The largest absolute Gasteiger partial charge is 0.480 e. The molecule has 0 fully saturated rings. The predicted octanol–water partition coefficient (Wildman–Crippen LogP) is 0.752. The molecule has 0 aromatic heterocycles. The van der Waals surface area contributed by atoms with E-state index >= 15 is 0 Å². The van der Waals surface area contributed by atoms with Gasteiger partial charge in [0.1, 0.15) is 6.04 Å². The Morgan fingerprint density at radius 3 is 2.13 bits per heavy atom. The highest BCUT2D eigenvalue weighted by Gasteiger charge is 2.08. The molecule has 0 aromatic carbocycles. The summed E-state index contributed by atoms with van der Waals surface area (Å²) in [5.74, 6) is -0.345. The number of thioether (sulfide) groups is 1. The molecule has 0 bridgehead atoms. The molecule has 5 nitrogen and oxygen atoms in total. The number of halogens is 1. The van der Waals surface area contributed by atoms with Crippen LogP contribution >= 0.6 is 24.2 Å². The maximum Gasteiger partial charge on any atom is 0.320 e. The van der Waals surface area contributed by atoms with Crippen LogP contribution in [0.2, 0.25) is 0 Å². The van der Waals surface area contributed by atoms with Crippen LogP contribution in [0.25, 0.3) is 0 Å². The molecule has 0 aliphatic rings. The van der Waals surface area contributed by atoms with Crippen LogP contribution in [-0.4, -0.2) is 42.2 Å². The van der Waals surface area contributed by atoms with Gasteiger partial charge in [-0.3, -0.25) is 9.59 Å².